The van der Waals surface area contributed by atoms with E-state index in [-0.39, 0.29) is 5.91 Å². The van der Waals surface area contributed by atoms with Crippen LogP contribution in [0.25, 0.3) is 11.0 Å². The highest BCUT2D eigenvalue weighted by Crippen LogP contribution is 2.27. The molecule has 2 heterocycles. The average molecular weight is 419 g/mol. The largest absolute Gasteiger partial charge is 0.481 e. The second-order valence-corrected chi connectivity index (χ2v) is 8.39. The molecule has 0 spiro atoms. The molecule has 31 heavy (non-hydrogen) atoms. The van der Waals surface area contributed by atoms with Gasteiger partial charge < -0.3 is 14.5 Å². The van der Waals surface area contributed by atoms with Gasteiger partial charge >= 0.3 is 0 Å². The van der Waals surface area contributed by atoms with Gasteiger partial charge in [0.2, 0.25) is 0 Å². The van der Waals surface area contributed by atoms with Crippen LogP contribution in [0.15, 0.2) is 48.5 Å². The number of piperazine rings is 1. The van der Waals surface area contributed by atoms with E-state index in [0.717, 1.165) is 46.9 Å². The van der Waals surface area contributed by atoms with Gasteiger partial charge in [0.05, 0.1) is 16.7 Å². The molecular weight excluding hydrogens is 388 g/mol. The molecule has 1 saturated heterocycles. The van der Waals surface area contributed by atoms with Crippen LogP contribution in [0.2, 0.25) is 0 Å². The van der Waals surface area contributed by atoms with Crippen LogP contribution >= 0.6 is 0 Å². The smallest absolute Gasteiger partial charge is 0.263 e. The second kappa shape index (κ2) is 8.92. The highest BCUT2D eigenvalue weighted by atomic mass is 16.5. The first-order chi connectivity index (χ1) is 14.9. The molecule has 6 heteroatoms. The summed E-state index contributed by atoms with van der Waals surface area (Å²) in [6, 6.07) is 15.9. The van der Waals surface area contributed by atoms with E-state index in [9.17, 15) is 4.79 Å². The van der Waals surface area contributed by atoms with Gasteiger partial charge in [0.15, 0.2) is 11.9 Å². The van der Waals surface area contributed by atoms with Crippen LogP contribution in [-0.4, -0.2) is 53.1 Å². The van der Waals surface area contributed by atoms with Crippen molar-refractivity contribution < 1.29 is 9.53 Å². The molecule has 3 aromatic rings. The third-order valence-corrected chi connectivity index (χ3v) is 5.80. The van der Waals surface area contributed by atoms with Crippen LogP contribution in [0.4, 0.5) is 5.82 Å². The third kappa shape index (κ3) is 4.48. The number of nitrogens with zero attached hydrogens (tertiary/aromatic N) is 4. The highest BCUT2D eigenvalue weighted by molar-refractivity contribution is 5.81. The van der Waals surface area contributed by atoms with Gasteiger partial charge in [-0.3, -0.25) is 4.79 Å². The molecule has 1 unspecified atom stereocenters. The fraction of sp³-hybridized carbons (Fsp3) is 0.400. The molecule has 0 radical (unpaired) electrons. The van der Waals surface area contributed by atoms with Gasteiger partial charge in [-0.05, 0) is 43.5 Å². The molecule has 1 amide bonds. The minimum Gasteiger partial charge on any atom is -0.481 e. The molecule has 0 N–H and O–H groups in total. The maximum absolute atomic E-state index is 13.0. The van der Waals surface area contributed by atoms with Gasteiger partial charge in [-0.2, -0.15) is 0 Å². The van der Waals surface area contributed by atoms with Crippen molar-refractivity contribution >= 4 is 22.8 Å². The van der Waals surface area contributed by atoms with E-state index in [0.29, 0.717) is 19.0 Å². The molecule has 162 valence electrons. The Morgan fingerprint density at radius 1 is 0.903 bits per heavy atom. The van der Waals surface area contributed by atoms with Crippen molar-refractivity contribution in [2.75, 3.05) is 31.1 Å². The first-order valence-corrected chi connectivity index (χ1v) is 11.0. The minimum atomic E-state index is -0.520. The number of ether oxygens (including phenoxy) is 1. The van der Waals surface area contributed by atoms with Gasteiger partial charge in [-0.15, -0.1) is 0 Å². The van der Waals surface area contributed by atoms with E-state index in [4.69, 9.17) is 14.7 Å². The lowest BCUT2D eigenvalue weighted by Gasteiger charge is -2.37. The number of fused-ring (bicyclic) bond motifs is 1. The zero-order valence-corrected chi connectivity index (χ0v) is 18.7. The molecule has 1 atom stereocenters. The van der Waals surface area contributed by atoms with Gasteiger partial charge in [0.25, 0.3) is 5.91 Å². The van der Waals surface area contributed by atoms with E-state index >= 15 is 0 Å². The van der Waals surface area contributed by atoms with Crippen molar-refractivity contribution in [3.63, 3.8) is 0 Å². The number of anilines is 1. The summed E-state index contributed by atoms with van der Waals surface area (Å²) in [6.45, 7) is 10.8. The van der Waals surface area contributed by atoms with Crippen molar-refractivity contribution in [1.29, 1.82) is 0 Å². The van der Waals surface area contributed by atoms with E-state index in [1.54, 1.807) is 0 Å². The topological polar surface area (TPSA) is 58.6 Å². The third-order valence-electron chi connectivity index (χ3n) is 5.80. The summed E-state index contributed by atoms with van der Waals surface area (Å²) in [5.41, 5.74) is 3.84. The monoisotopic (exact) mass is 418 g/mol. The average Bonchev–Trinajstić information content (AvgIpc) is 2.78. The number of hydrogen-bond donors (Lipinski definition) is 0. The van der Waals surface area contributed by atoms with E-state index in [1.165, 1.54) is 0 Å². The van der Waals surface area contributed by atoms with Crippen molar-refractivity contribution in [3.8, 4) is 5.75 Å². The van der Waals surface area contributed by atoms with Gasteiger partial charge in [0.1, 0.15) is 5.75 Å². The number of rotatable bonds is 5. The number of carbonyl (C=O) groups excluding carboxylic acids is 1. The molecule has 6 nitrogen and oxygen atoms in total. The Balaban J connectivity index is 1.41. The molecule has 1 aliphatic rings. The summed E-state index contributed by atoms with van der Waals surface area (Å²) in [5, 5.41) is 0. The summed E-state index contributed by atoms with van der Waals surface area (Å²) >= 11 is 0. The zero-order chi connectivity index (χ0) is 22.0. The predicted molar refractivity (Wildman–Crippen MR) is 124 cm³/mol. The van der Waals surface area contributed by atoms with E-state index < -0.39 is 6.10 Å². The van der Waals surface area contributed by atoms with Crippen molar-refractivity contribution in [1.82, 2.24) is 14.9 Å². The van der Waals surface area contributed by atoms with Crippen LogP contribution in [-0.2, 0) is 4.79 Å². The summed E-state index contributed by atoms with van der Waals surface area (Å²) < 4.78 is 6.07. The van der Waals surface area contributed by atoms with Gasteiger partial charge in [-0.1, -0.05) is 44.2 Å². The maximum Gasteiger partial charge on any atom is 0.263 e. The van der Waals surface area contributed by atoms with E-state index in [1.807, 2.05) is 61.2 Å². The number of carbonyl (C=O) groups is 1. The van der Waals surface area contributed by atoms with E-state index in [2.05, 4.69) is 24.8 Å². The zero-order valence-electron chi connectivity index (χ0n) is 18.7. The quantitative estimate of drug-likeness (QED) is 0.622. The first-order valence-electron chi connectivity index (χ1n) is 11.0. The molecule has 1 fully saturated rings. The maximum atomic E-state index is 13.0. The summed E-state index contributed by atoms with van der Waals surface area (Å²) in [6.07, 6.45) is -0.520. The Bertz CT molecular complexity index is 1070. The van der Waals surface area contributed by atoms with Crippen LogP contribution < -0.4 is 9.64 Å². The summed E-state index contributed by atoms with van der Waals surface area (Å²) in [5.74, 6) is 2.06. The molecule has 0 aliphatic carbocycles. The number of para-hydroxylation sites is 3. The predicted octanol–water partition coefficient (Wildman–Crippen LogP) is 4.18. The van der Waals surface area contributed by atoms with Crippen molar-refractivity contribution in [3.05, 3.63) is 59.8 Å². The molecule has 2 aromatic carbocycles. The van der Waals surface area contributed by atoms with Crippen LogP contribution in [0.1, 0.15) is 37.9 Å². The minimum absolute atomic E-state index is 0.0273. The number of amides is 1. The number of hydrogen-bond acceptors (Lipinski definition) is 5. The molecular formula is C25H30N4O2. The van der Waals surface area contributed by atoms with Gasteiger partial charge in [-0.25, -0.2) is 9.97 Å². The molecule has 1 aromatic heterocycles. The number of aromatic nitrogens is 2. The van der Waals surface area contributed by atoms with Crippen molar-refractivity contribution in [2.45, 2.75) is 39.7 Å². The standard InChI is InChI=1S/C25H30N4O2/c1-17(2)20-9-5-8-12-23(20)31-19(4)25(30)29-15-13-28(14-16-29)24-18(3)26-21-10-6-7-11-22(21)27-24/h5-12,17,19H,13-16H2,1-4H3. The normalized spacial score (nSPS) is 15.4. The Morgan fingerprint density at radius 3 is 2.19 bits per heavy atom. The van der Waals surface area contributed by atoms with Crippen LogP contribution in [0.3, 0.4) is 0 Å². The van der Waals surface area contributed by atoms with Crippen molar-refractivity contribution in [2.24, 2.45) is 0 Å². The van der Waals surface area contributed by atoms with Crippen LogP contribution in [0.5, 0.6) is 5.75 Å². The number of aryl methyl sites for hydroxylation is 1. The highest BCUT2D eigenvalue weighted by Gasteiger charge is 2.28. The molecule has 4 rings (SSSR count). The lowest BCUT2D eigenvalue weighted by molar-refractivity contribution is -0.138. The Kier molecular flexibility index (Phi) is 6.07. The summed E-state index contributed by atoms with van der Waals surface area (Å²) in [7, 11) is 0. The Hall–Kier alpha value is -3.15. The molecule has 0 saturated carbocycles. The lowest BCUT2D eigenvalue weighted by Crippen LogP contribution is -2.52. The van der Waals surface area contributed by atoms with Gasteiger partial charge in [0, 0.05) is 26.2 Å². The number of benzene rings is 2. The second-order valence-electron chi connectivity index (χ2n) is 8.39. The Labute approximate surface area is 183 Å². The fourth-order valence-corrected chi connectivity index (χ4v) is 4.08. The Morgan fingerprint density at radius 2 is 1.52 bits per heavy atom. The SMILES string of the molecule is Cc1nc2ccccc2nc1N1CCN(C(=O)C(C)Oc2ccccc2C(C)C)CC1. The molecule has 0 bridgehead atoms. The lowest BCUT2D eigenvalue weighted by atomic mass is 10.0. The first kappa shape index (κ1) is 21.1. The fourth-order valence-electron chi connectivity index (χ4n) is 4.08. The van der Waals surface area contributed by atoms with Crippen LogP contribution in [0, 0.1) is 6.92 Å². The molecule has 1 aliphatic heterocycles. The summed E-state index contributed by atoms with van der Waals surface area (Å²) in [4.78, 5) is 26.7.